The zero-order chi connectivity index (χ0) is 24.1. The van der Waals surface area contributed by atoms with Gasteiger partial charge in [-0.25, -0.2) is 4.98 Å². The van der Waals surface area contributed by atoms with Crippen LogP contribution in [0.2, 0.25) is 10.0 Å². The third-order valence-electron chi connectivity index (χ3n) is 5.55. The molecule has 1 fully saturated rings. The lowest BCUT2D eigenvalue weighted by Gasteiger charge is -2.21. The van der Waals surface area contributed by atoms with Gasteiger partial charge < -0.3 is 19.2 Å². The van der Waals surface area contributed by atoms with E-state index in [0.29, 0.717) is 16.8 Å². The van der Waals surface area contributed by atoms with Crippen LogP contribution in [0.25, 0.3) is 16.8 Å². The number of methoxy groups -OCH3 is 1. The minimum absolute atomic E-state index is 0.0656. The van der Waals surface area contributed by atoms with E-state index in [9.17, 15) is 14.7 Å². The second-order valence-electron chi connectivity index (χ2n) is 7.66. The number of anilines is 1. The molecule has 10 heteroatoms. The second-order valence-corrected chi connectivity index (χ2v) is 8.51. The highest BCUT2D eigenvalue weighted by Gasteiger charge is 2.50. The SMILES string of the molecule is COc1c(Cl)cc(Cl)cc1/C(O)=C1\C(=O)C(=O)N(c2nc3ccccc3[nH]2)C1c1ccc(C)o1. The zero-order valence-corrected chi connectivity index (χ0v) is 19.4. The number of carbonyl (C=O) groups is 2. The van der Waals surface area contributed by atoms with Crippen molar-refractivity contribution < 1.29 is 23.8 Å². The summed E-state index contributed by atoms with van der Waals surface area (Å²) in [6, 6.07) is 12.3. The van der Waals surface area contributed by atoms with Crippen molar-refractivity contribution >= 4 is 57.6 Å². The van der Waals surface area contributed by atoms with E-state index in [1.54, 1.807) is 31.2 Å². The molecule has 0 spiro atoms. The number of hydrogen-bond donors (Lipinski definition) is 2. The highest BCUT2D eigenvalue weighted by Crippen LogP contribution is 2.44. The van der Waals surface area contributed by atoms with Crippen LogP contribution in [0.3, 0.4) is 0 Å². The summed E-state index contributed by atoms with van der Waals surface area (Å²) in [4.78, 5) is 35.2. The van der Waals surface area contributed by atoms with Crippen LogP contribution in [0.4, 0.5) is 5.95 Å². The number of Topliss-reactive ketones (excluding diaryl/α,β-unsaturated/α-hetero) is 1. The molecule has 1 aliphatic heterocycles. The number of amides is 1. The standard InChI is InChI=1S/C24H17Cl2N3O5/c1-11-7-8-17(34-11)19-18(20(30)13-9-12(25)10-14(26)22(13)33-2)21(31)23(32)29(19)24-27-15-5-3-4-6-16(15)28-24/h3-10,19,30H,1-2H3,(H,27,28)/b20-18+. The van der Waals surface area contributed by atoms with Gasteiger partial charge in [0.1, 0.15) is 29.1 Å². The van der Waals surface area contributed by atoms with Crippen LogP contribution in [0, 0.1) is 6.92 Å². The molecule has 1 amide bonds. The van der Waals surface area contributed by atoms with Crippen molar-refractivity contribution in [2.24, 2.45) is 0 Å². The Labute approximate surface area is 203 Å². The van der Waals surface area contributed by atoms with Crippen LogP contribution in [-0.2, 0) is 9.59 Å². The molecule has 2 aromatic carbocycles. The largest absolute Gasteiger partial charge is 0.507 e. The Bertz CT molecular complexity index is 1470. The molecule has 172 valence electrons. The molecule has 0 saturated carbocycles. The Morgan fingerprint density at radius 2 is 1.94 bits per heavy atom. The number of ether oxygens (including phenoxy) is 1. The monoisotopic (exact) mass is 497 g/mol. The number of nitrogens with one attached hydrogen (secondary N) is 1. The van der Waals surface area contributed by atoms with E-state index in [4.69, 9.17) is 32.4 Å². The molecule has 1 saturated heterocycles. The normalized spacial score (nSPS) is 17.6. The summed E-state index contributed by atoms with van der Waals surface area (Å²) in [6.07, 6.45) is 0. The van der Waals surface area contributed by atoms with Gasteiger partial charge in [0.2, 0.25) is 5.95 Å². The lowest BCUT2D eigenvalue weighted by Crippen LogP contribution is -2.30. The van der Waals surface area contributed by atoms with Gasteiger partial charge in [0.25, 0.3) is 5.78 Å². The minimum atomic E-state index is -1.10. The van der Waals surface area contributed by atoms with Gasteiger partial charge in [0.15, 0.2) is 0 Å². The number of halogens is 2. The highest BCUT2D eigenvalue weighted by atomic mass is 35.5. The predicted octanol–water partition coefficient (Wildman–Crippen LogP) is 5.41. The number of benzene rings is 2. The Morgan fingerprint density at radius 1 is 1.18 bits per heavy atom. The number of ketones is 1. The first-order chi connectivity index (χ1) is 16.3. The summed E-state index contributed by atoms with van der Waals surface area (Å²) in [6.45, 7) is 1.73. The van der Waals surface area contributed by atoms with Crippen molar-refractivity contribution in [3.63, 3.8) is 0 Å². The number of nitrogens with zero attached hydrogens (tertiary/aromatic N) is 2. The topological polar surface area (TPSA) is 109 Å². The van der Waals surface area contributed by atoms with Crippen LogP contribution in [0.1, 0.15) is 23.1 Å². The highest BCUT2D eigenvalue weighted by molar-refractivity contribution is 6.51. The lowest BCUT2D eigenvalue weighted by atomic mass is 9.99. The fourth-order valence-electron chi connectivity index (χ4n) is 4.06. The summed E-state index contributed by atoms with van der Waals surface area (Å²) >= 11 is 12.4. The molecule has 3 heterocycles. The van der Waals surface area contributed by atoms with Gasteiger partial charge in [-0.3, -0.25) is 14.5 Å². The number of para-hydroxylation sites is 2. The molecule has 0 radical (unpaired) electrons. The fourth-order valence-corrected chi connectivity index (χ4v) is 4.63. The van der Waals surface area contributed by atoms with E-state index in [1.165, 1.54) is 24.1 Å². The Kier molecular flexibility index (Phi) is 5.34. The van der Waals surface area contributed by atoms with Crippen molar-refractivity contribution in [2.75, 3.05) is 12.0 Å². The van der Waals surface area contributed by atoms with Gasteiger partial charge in [-0.05, 0) is 43.3 Å². The molecule has 1 aliphatic rings. The van der Waals surface area contributed by atoms with Gasteiger partial charge in [0, 0.05) is 5.02 Å². The van der Waals surface area contributed by atoms with Crippen molar-refractivity contribution in [2.45, 2.75) is 13.0 Å². The number of fused-ring (bicyclic) bond motifs is 1. The summed E-state index contributed by atoms with van der Waals surface area (Å²) in [5, 5.41) is 11.7. The maximum absolute atomic E-state index is 13.3. The van der Waals surface area contributed by atoms with Crippen molar-refractivity contribution in [3.8, 4) is 5.75 Å². The number of imidazole rings is 1. The van der Waals surface area contributed by atoms with E-state index < -0.39 is 23.5 Å². The first-order valence-corrected chi connectivity index (χ1v) is 10.9. The number of aliphatic hydroxyl groups excluding tert-OH is 1. The third kappa shape index (κ3) is 3.43. The lowest BCUT2D eigenvalue weighted by molar-refractivity contribution is -0.132. The molecule has 2 N–H and O–H groups in total. The van der Waals surface area contributed by atoms with Crippen molar-refractivity contribution in [1.82, 2.24) is 9.97 Å². The van der Waals surface area contributed by atoms with Crippen LogP contribution < -0.4 is 9.64 Å². The van der Waals surface area contributed by atoms with E-state index in [2.05, 4.69) is 9.97 Å². The first-order valence-electron chi connectivity index (χ1n) is 10.2. The molecular weight excluding hydrogens is 481 g/mol. The molecule has 34 heavy (non-hydrogen) atoms. The quantitative estimate of drug-likeness (QED) is 0.221. The number of aromatic amines is 1. The summed E-state index contributed by atoms with van der Waals surface area (Å²) < 4.78 is 11.1. The van der Waals surface area contributed by atoms with Gasteiger partial charge in [-0.1, -0.05) is 35.3 Å². The van der Waals surface area contributed by atoms with Gasteiger partial charge in [-0.15, -0.1) is 0 Å². The molecule has 4 aromatic rings. The van der Waals surface area contributed by atoms with E-state index in [-0.39, 0.29) is 38.6 Å². The number of carbonyl (C=O) groups excluding carboxylic acids is 2. The second kappa shape index (κ2) is 8.23. The molecule has 2 aromatic heterocycles. The van der Waals surface area contributed by atoms with Crippen LogP contribution in [0.5, 0.6) is 5.75 Å². The first kappa shape index (κ1) is 22.1. The third-order valence-corrected chi connectivity index (χ3v) is 6.05. The fraction of sp³-hybridized carbons (Fsp3) is 0.125. The number of rotatable bonds is 4. The molecule has 0 aliphatic carbocycles. The number of furan rings is 1. The maximum atomic E-state index is 13.3. The Balaban J connectivity index is 1.77. The van der Waals surface area contributed by atoms with E-state index in [1.807, 2.05) is 12.1 Å². The van der Waals surface area contributed by atoms with Crippen LogP contribution in [0.15, 0.2) is 58.5 Å². The van der Waals surface area contributed by atoms with Gasteiger partial charge in [0.05, 0.1) is 34.3 Å². The summed E-state index contributed by atoms with van der Waals surface area (Å²) in [5.74, 6) is -1.23. The van der Waals surface area contributed by atoms with E-state index in [0.717, 1.165) is 0 Å². The minimum Gasteiger partial charge on any atom is -0.507 e. The number of aromatic nitrogens is 2. The average molecular weight is 498 g/mol. The molecular formula is C24H17Cl2N3O5. The number of H-pyrrole nitrogens is 1. The summed E-state index contributed by atoms with van der Waals surface area (Å²) in [7, 11) is 1.37. The van der Waals surface area contributed by atoms with E-state index >= 15 is 0 Å². The molecule has 5 rings (SSSR count). The van der Waals surface area contributed by atoms with Crippen LogP contribution in [-0.4, -0.2) is 33.9 Å². The Hall–Kier alpha value is -3.75. The molecule has 8 nitrogen and oxygen atoms in total. The number of hydrogen-bond acceptors (Lipinski definition) is 6. The van der Waals surface area contributed by atoms with Gasteiger partial charge >= 0.3 is 5.91 Å². The number of aliphatic hydroxyl groups is 1. The van der Waals surface area contributed by atoms with Crippen molar-refractivity contribution in [3.05, 3.63) is 81.2 Å². The zero-order valence-electron chi connectivity index (χ0n) is 17.9. The molecule has 0 bridgehead atoms. The van der Waals surface area contributed by atoms with Crippen molar-refractivity contribution in [1.29, 1.82) is 0 Å². The maximum Gasteiger partial charge on any atom is 0.302 e. The molecule has 1 unspecified atom stereocenters. The summed E-state index contributed by atoms with van der Waals surface area (Å²) in [5.41, 5.74) is 1.14. The number of aryl methyl sites for hydroxylation is 1. The van der Waals surface area contributed by atoms with Crippen LogP contribution >= 0.6 is 23.2 Å². The predicted molar refractivity (Wildman–Crippen MR) is 127 cm³/mol. The van der Waals surface area contributed by atoms with Gasteiger partial charge in [-0.2, -0.15) is 0 Å². The Morgan fingerprint density at radius 3 is 2.62 bits per heavy atom. The molecule has 1 atom stereocenters. The average Bonchev–Trinajstić information content (AvgIpc) is 3.49. The smallest absolute Gasteiger partial charge is 0.302 e.